The largest absolute Gasteiger partial charge is 0.325 e. The molecule has 0 aliphatic heterocycles. The highest BCUT2D eigenvalue weighted by Crippen LogP contribution is 2.30. The van der Waals surface area contributed by atoms with E-state index in [0.717, 1.165) is 36.6 Å². The Labute approximate surface area is 119 Å². The number of aromatic nitrogens is 1. The standard InChI is InChI=1S/C17H20N2O/c18-17(9-2-1-3-10-17)12-15(20)14-8-4-6-13-7-5-11-19-16(13)14/h4-8,11H,1-3,9-10,12,18H2. The highest BCUT2D eigenvalue weighted by atomic mass is 16.1. The number of nitrogens with zero attached hydrogens (tertiary/aromatic N) is 1. The van der Waals surface area contributed by atoms with Crippen molar-refractivity contribution in [3.63, 3.8) is 0 Å². The third-order valence-electron chi connectivity index (χ3n) is 4.30. The predicted octanol–water partition coefficient (Wildman–Crippen LogP) is 3.47. The molecule has 20 heavy (non-hydrogen) atoms. The zero-order valence-corrected chi connectivity index (χ0v) is 11.6. The number of para-hydroxylation sites is 1. The molecule has 0 amide bonds. The molecule has 3 rings (SSSR count). The number of nitrogens with two attached hydrogens (primary N) is 1. The van der Waals surface area contributed by atoms with Gasteiger partial charge in [0.2, 0.25) is 0 Å². The van der Waals surface area contributed by atoms with Crippen LogP contribution in [-0.4, -0.2) is 16.3 Å². The summed E-state index contributed by atoms with van der Waals surface area (Å²) in [5, 5.41) is 1.01. The summed E-state index contributed by atoms with van der Waals surface area (Å²) in [6, 6.07) is 9.64. The maximum atomic E-state index is 12.6. The van der Waals surface area contributed by atoms with Crippen LogP contribution in [0.15, 0.2) is 36.5 Å². The monoisotopic (exact) mass is 268 g/mol. The molecule has 1 aromatic carbocycles. The summed E-state index contributed by atoms with van der Waals surface area (Å²) >= 11 is 0. The first-order valence-corrected chi connectivity index (χ1v) is 7.34. The minimum atomic E-state index is -0.313. The Bertz CT molecular complexity index is 624. The molecule has 2 aromatic rings. The number of rotatable bonds is 3. The van der Waals surface area contributed by atoms with Crippen LogP contribution >= 0.6 is 0 Å². The van der Waals surface area contributed by atoms with Gasteiger partial charge in [0.1, 0.15) is 0 Å². The van der Waals surface area contributed by atoms with Gasteiger partial charge >= 0.3 is 0 Å². The van der Waals surface area contributed by atoms with Crippen LogP contribution in [0.5, 0.6) is 0 Å². The van der Waals surface area contributed by atoms with Gasteiger partial charge in [-0.1, -0.05) is 37.5 Å². The fourth-order valence-electron chi connectivity index (χ4n) is 3.18. The van der Waals surface area contributed by atoms with Crippen molar-refractivity contribution in [1.82, 2.24) is 4.98 Å². The third kappa shape index (κ3) is 2.59. The maximum Gasteiger partial charge on any atom is 0.166 e. The number of pyridine rings is 1. The van der Waals surface area contributed by atoms with Crippen LogP contribution in [0.2, 0.25) is 0 Å². The van der Waals surface area contributed by atoms with E-state index >= 15 is 0 Å². The normalized spacial score (nSPS) is 18.1. The van der Waals surface area contributed by atoms with Crippen molar-refractivity contribution >= 4 is 16.7 Å². The molecule has 104 valence electrons. The van der Waals surface area contributed by atoms with Gasteiger partial charge in [0, 0.05) is 29.1 Å². The average molecular weight is 268 g/mol. The van der Waals surface area contributed by atoms with Crippen LogP contribution < -0.4 is 5.73 Å². The lowest BCUT2D eigenvalue weighted by atomic mass is 9.78. The summed E-state index contributed by atoms with van der Waals surface area (Å²) in [6.07, 6.45) is 7.59. The Hall–Kier alpha value is -1.74. The first kappa shape index (κ1) is 13.3. The second kappa shape index (κ2) is 5.33. The van der Waals surface area contributed by atoms with Crippen LogP contribution in [0.4, 0.5) is 0 Å². The first-order valence-electron chi connectivity index (χ1n) is 7.34. The lowest BCUT2D eigenvalue weighted by Crippen LogP contribution is -2.43. The molecule has 0 atom stereocenters. The van der Waals surface area contributed by atoms with E-state index in [0.29, 0.717) is 12.0 Å². The van der Waals surface area contributed by atoms with Crippen LogP contribution in [-0.2, 0) is 0 Å². The van der Waals surface area contributed by atoms with E-state index < -0.39 is 0 Å². The van der Waals surface area contributed by atoms with Crippen molar-refractivity contribution in [2.45, 2.75) is 44.1 Å². The number of Topliss-reactive ketones (excluding diaryl/α,β-unsaturated/α-hetero) is 1. The Balaban J connectivity index is 1.89. The van der Waals surface area contributed by atoms with Gasteiger partial charge in [-0.15, -0.1) is 0 Å². The average Bonchev–Trinajstić information content (AvgIpc) is 2.47. The molecular weight excluding hydrogens is 248 g/mol. The summed E-state index contributed by atoms with van der Waals surface area (Å²) in [6.45, 7) is 0. The lowest BCUT2D eigenvalue weighted by molar-refractivity contribution is 0.0936. The molecule has 0 radical (unpaired) electrons. The highest BCUT2D eigenvalue weighted by Gasteiger charge is 2.30. The number of benzene rings is 1. The number of hydrogen-bond acceptors (Lipinski definition) is 3. The number of carbonyl (C=O) groups excluding carboxylic acids is 1. The van der Waals surface area contributed by atoms with Crippen LogP contribution in [0.25, 0.3) is 10.9 Å². The summed E-state index contributed by atoms with van der Waals surface area (Å²) in [7, 11) is 0. The number of fused-ring (bicyclic) bond motifs is 1. The van der Waals surface area contributed by atoms with Crippen molar-refractivity contribution in [3.05, 3.63) is 42.1 Å². The summed E-state index contributed by atoms with van der Waals surface area (Å²) in [5.74, 6) is 0.124. The molecule has 0 spiro atoms. The molecule has 1 saturated carbocycles. The number of carbonyl (C=O) groups is 1. The van der Waals surface area contributed by atoms with E-state index in [4.69, 9.17) is 5.73 Å². The van der Waals surface area contributed by atoms with Gasteiger partial charge in [-0.25, -0.2) is 0 Å². The van der Waals surface area contributed by atoms with E-state index in [1.807, 2.05) is 30.3 Å². The number of ketones is 1. The third-order valence-corrected chi connectivity index (χ3v) is 4.30. The SMILES string of the molecule is NC1(CC(=O)c2cccc3cccnc23)CCCCC1. The zero-order valence-electron chi connectivity index (χ0n) is 11.6. The molecule has 3 heteroatoms. The van der Waals surface area contributed by atoms with Gasteiger partial charge in [-0.2, -0.15) is 0 Å². The fraction of sp³-hybridized carbons (Fsp3) is 0.412. The van der Waals surface area contributed by atoms with Gasteiger partial charge in [0.15, 0.2) is 5.78 Å². The molecular formula is C17H20N2O. The fourth-order valence-corrected chi connectivity index (χ4v) is 3.18. The molecule has 3 nitrogen and oxygen atoms in total. The van der Waals surface area contributed by atoms with Gasteiger partial charge in [0.05, 0.1) is 5.52 Å². The van der Waals surface area contributed by atoms with E-state index in [1.54, 1.807) is 6.20 Å². The maximum absolute atomic E-state index is 12.6. The Morgan fingerprint density at radius 2 is 1.90 bits per heavy atom. The van der Waals surface area contributed by atoms with Gasteiger partial charge in [0.25, 0.3) is 0 Å². The zero-order chi connectivity index (χ0) is 14.0. The van der Waals surface area contributed by atoms with Crippen LogP contribution in [0.3, 0.4) is 0 Å². The highest BCUT2D eigenvalue weighted by molar-refractivity contribution is 6.07. The molecule has 2 N–H and O–H groups in total. The van der Waals surface area contributed by atoms with Gasteiger partial charge in [-0.05, 0) is 25.0 Å². The topological polar surface area (TPSA) is 56.0 Å². The summed E-state index contributed by atoms with van der Waals surface area (Å²) in [4.78, 5) is 17.0. The van der Waals surface area contributed by atoms with Crippen molar-refractivity contribution in [2.24, 2.45) is 5.73 Å². The Morgan fingerprint density at radius 1 is 1.15 bits per heavy atom. The second-order valence-corrected chi connectivity index (χ2v) is 5.90. The minimum Gasteiger partial charge on any atom is -0.325 e. The molecule has 1 fully saturated rings. The van der Waals surface area contributed by atoms with E-state index in [9.17, 15) is 4.79 Å². The van der Waals surface area contributed by atoms with Gasteiger partial charge in [-0.3, -0.25) is 9.78 Å². The van der Waals surface area contributed by atoms with Gasteiger partial charge < -0.3 is 5.73 Å². The van der Waals surface area contributed by atoms with Crippen LogP contribution in [0.1, 0.15) is 48.9 Å². The smallest absolute Gasteiger partial charge is 0.166 e. The lowest BCUT2D eigenvalue weighted by Gasteiger charge is -2.32. The molecule has 1 aliphatic rings. The molecule has 0 saturated heterocycles. The molecule has 1 aliphatic carbocycles. The van der Waals surface area contributed by atoms with Crippen molar-refractivity contribution < 1.29 is 4.79 Å². The van der Waals surface area contributed by atoms with E-state index in [1.165, 1.54) is 6.42 Å². The molecule has 0 bridgehead atoms. The van der Waals surface area contributed by atoms with Crippen molar-refractivity contribution in [2.75, 3.05) is 0 Å². The van der Waals surface area contributed by atoms with E-state index in [-0.39, 0.29) is 11.3 Å². The quantitative estimate of drug-likeness (QED) is 0.867. The van der Waals surface area contributed by atoms with Crippen molar-refractivity contribution in [1.29, 1.82) is 0 Å². The number of hydrogen-bond donors (Lipinski definition) is 1. The molecule has 1 aromatic heterocycles. The second-order valence-electron chi connectivity index (χ2n) is 5.90. The van der Waals surface area contributed by atoms with Crippen LogP contribution in [0, 0.1) is 0 Å². The first-order chi connectivity index (χ1) is 9.68. The van der Waals surface area contributed by atoms with E-state index in [2.05, 4.69) is 4.98 Å². The summed E-state index contributed by atoms with van der Waals surface area (Å²) in [5.41, 5.74) is 7.59. The predicted molar refractivity (Wildman–Crippen MR) is 80.7 cm³/mol. The van der Waals surface area contributed by atoms with Crippen molar-refractivity contribution in [3.8, 4) is 0 Å². The Morgan fingerprint density at radius 3 is 2.70 bits per heavy atom. The minimum absolute atomic E-state index is 0.124. The molecule has 1 heterocycles. The molecule has 0 unspecified atom stereocenters. The Kier molecular flexibility index (Phi) is 3.53. The summed E-state index contributed by atoms with van der Waals surface area (Å²) < 4.78 is 0.